The zero-order valence-corrected chi connectivity index (χ0v) is 12.0. The summed E-state index contributed by atoms with van der Waals surface area (Å²) in [6.07, 6.45) is -2.60. The molecule has 0 saturated heterocycles. The van der Waals surface area contributed by atoms with Crippen molar-refractivity contribution in [3.05, 3.63) is 40.4 Å². The summed E-state index contributed by atoms with van der Waals surface area (Å²) in [5.74, 6) is -0.731. The number of carbonyl (C=O) groups is 1. The fourth-order valence-electron chi connectivity index (χ4n) is 1.44. The lowest BCUT2D eigenvalue weighted by Gasteiger charge is -2.18. The highest BCUT2D eigenvalue weighted by molar-refractivity contribution is 6.32. The van der Waals surface area contributed by atoms with Crippen molar-refractivity contribution in [2.24, 2.45) is 0 Å². The van der Waals surface area contributed by atoms with Crippen molar-refractivity contribution in [3.63, 3.8) is 0 Å². The molecule has 0 aliphatic carbocycles. The van der Waals surface area contributed by atoms with E-state index in [9.17, 15) is 18.0 Å². The average molecular weight is 307 g/mol. The molecular formula is C14H14ClF3O2. The maximum Gasteiger partial charge on any atom is 0.417 e. The van der Waals surface area contributed by atoms with Gasteiger partial charge in [0.15, 0.2) is 0 Å². The number of carbonyl (C=O) groups excluding carboxylic acids is 1. The Hall–Kier alpha value is -1.49. The predicted octanol–water partition coefficient (Wildman–Crippen LogP) is 4.71. The number of benzene rings is 1. The topological polar surface area (TPSA) is 26.3 Å². The number of hydrogen-bond acceptors (Lipinski definition) is 2. The molecule has 6 heteroatoms. The van der Waals surface area contributed by atoms with Gasteiger partial charge in [0.25, 0.3) is 0 Å². The Bertz CT molecular complexity index is 528. The van der Waals surface area contributed by atoms with E-state index in [2.05, 4.69) is 0 Å². The fraction of sp³-hybridized carbons (Fsp3) is 0.357. The molecule has 0 amide bonds. The second kappa shape index (κ2) is 5.87. The van der Waals surface area contributed by atoms with Crippen molar-refractivity contribution in [3.8, 4) is 0 Å². The number of ether oxygens (including phenoxy) is 1. The van der Waals surface area contributed by atoms with Crippen molar-refractivity contribution < 1.29 is 22.7 Å². The second-order valence-electron chi connectivity index (χ2n) is 5.07. The van der Waals surface area contributed by atoms with Gasteiger partial charge >= 0.3 is 12.1 Å². The minimum absolute atomic E-state index is 0.0837. The molecule has 0 bridgehead atoms. The Morgan fingerprint density at radius 3 is 2.35 bits per heavy atom. The van der Waals surface area contributed by atoms with Gasteiger partial charge < -0.3 is 4.74 Å². The van der Waals surface area contributed by atoms with Crippen LogP contribution >= 0.6 is 11.6 Å². The Labute approximate surface area is 120 Å². The Kier molecular flexibility index (Phi) is 4.86. The molecule has 1 aromatic carbocycles. The van der Waals surface area contributed by atoms with Gasteiger partial charge in [-0.15, -0.1) is 0 Å². The SMILES string of the molecule is CC(C)(C)OC(=O)C=Cc1c(Cl)cccc1C(F)(F)F. The van der Waals surface area contributed by atoms with Gasteiger partial charge in [0.1, 0.15) is 5.60 Å². The van der Waals surface area contributed by atoms with E-state index in [0.717, 1.165) is 18.2 Å². The van der Waals surface area contributed by atoms with Crippen LogP contribution in [-0.4, -0.2) is 11.6 Å². The van der Waals surface area contributed by atoms with Gasteiger partial charge in [-0.3, -0.25) is 0 Å². The third kappa shape index (κ3) is 4.89. The molecule has 0 saturated carbocycles. The standard InChI is InChI=1S/C14H14ClF3O2/c1-13(2,3)20-12(19)8-7-9-10(14(16,17)18)5-4-6-11(9)15/h4-8H,1-3H3. The first-order chi connectivity index (χ1) is 9.00. The molecule has 0 atom stereocenters. The van der Waals surface area contributed by atoms with Crippen molar-refractivity contribution >= 4 is 23.6 Å². The van der Waals surface area contributed by atoms with Crippen LogP contribution in [0, 0.1) is 0 Å². The number of esters is 1. The van der Waals surface area contributed by atoms with Crippen LogP contribution in [0.1, 0.15) is 31.9 Å². The molecule has 0 fully saturated rings. The molecular weight excluding hydrogens is 293 g/mol. The molecule has 0 unspecified atom stereocenters. The average Bonchev–Trinajstić information content (AvgIpc) is 2.23. The van der Waals surface area contributed by atoms with Crippen LogP contribution in [0.2, 0.25) is 5.02 Å². The van der Waals surface area contributed by atoms with E-state index < -0.39 is 23.3 Å². The number of alkyl halides is 3. The quantitative estimate of drug-likeness (QED) is 0.584. The van der Waals surface area contributed by atoms with Crippen molar-refractivity contribution in [2.75, 3.05) is 0 Å². The summed E-state index contributed by atoms with van der Waals surface area (Å²) in [7, 11) is 0. The molecule has 0 aliphatic rings. The molecule has 20 heavy (non-hydrogen) atoms. The largest absolute Gasteiger partial charge is 0.457 e. The summed E-state index contributed by atoms with van der Waals surface area (Å²) in [5, 5.41) is -0.0837. The third-order valence-electron chi connectivity index (χ3n) is 2.15. The molecule has 0 aromatic heterocycles. The zero-order valence-electron chi connectivity index (χ0n) is 11.2. The lowest BCUT2D eigenvalue weighted by Crippen LogP contribution is -2.22. The molecule has 0 radical (unpaired) electrons. The van der Waals surface area contributed by atoms with E-state index in [4.69, 9.17) is 16.3 Å². The zero-order chi connectivity index (χ0) is 15.6. The molecule has 0 spiro atoms. The summed E-state index contributed by atoms with van der Waals surface area (Å²) in [6.45, 7) is 4.99. The van der Waals surface area contributed by atoms with E-state index in [1.807, 2.05) is 0 Å². The van der Waals surface area contributed by atoms with Gasteiger partial charge in [-0.25, -0.2) is 4.79 Å². The molecule has 0 aliphatic heterocycles. The third-order valence-corrected chi connectivity index (χ3v) is 2.48. The van der Waals surface area contributed by atoms with Gasteiger partial charge in [-0.1, -0.05) is 17.7 Å². The first-order valence-corrected chi connectivity index (χ1v) is 6.15. The first kappa shape index (κ1) is 16.6. The second-order valence-corrected chi connectivity index (χ2v) is 5.47. The van der Waals surface area contributed by atoms with E-state index in [1.54, 1.807) is 20.8 Å². The van der Waals surface area contributed by atoms with Crippen LogP contribution in [0.3, 0.4) is 0 Å². The lowest BCUT2D eigenvalue weighted by atomic mass is 10.1. The summed E-state index contributed by atoms with van der Waals surface area (Å²) >= 11 is 5.75. The molecule has 2 nitrogen and oxygen atoms in total. The Morgan fingerprint density at radius 2 is 1.85 bits per heavy atom. The van der Waals surface area contributed by atoms with E-state index in [1.165, 1.54) is 12.1 Å². The van der Waals surface area contributed by atoms with Crippen LogP contribution in [0.25, 0.3) is 6.08 Å². The Balaban J connectivity index is 3.06. The van der Waals surface area contributed by atoms with E-state index in [0.29, 0.717) is 0 Å². The van der Waals surface area contributed by atoms with Crippen molar-refractivity contribution in [1.82, 2.24) is 0 Å². The fourth-order valence-corrected chi connectivity index (χ4v) is 1.68. The van der Waals surface area contributed by atoms with Crippen LogP contribution in [0.5, 0.6) is 0 Å². The predicted molar refractivity (Wildman–Crippen MR) is 71.3 cm³/mol. The lowest BCUT2D eigenvalue weighted by molar-refractivity contribution is -0.148. The number of hydrogen-bond donors (Lipinski definition) is 0. The molecule has 110 valence electrons. The summed E-state index contributed by atoms with van der Waals surface area (Å²) in [5.41, 5.74) is -1.87. The van der Waals surface area contributed by atoms with Gasteiger partial charge in [0, 0.05) is 16.7 Å². The Morgan fingerprint density at radius 1 is 1.25 bits per heavy atom. The summed E-state index contributed by atoms with van der Waals surface area (Å²) in [4.78, 5) is 11.5. The van der Waals surface area contributed by atoms with Gasteiger partial charge in [0.05, 0.1) is 5.56 Å². The van der Waals surface area contributed by atoms with Crippen LogP contribution in [0.4, 0.5) is 13.2 Å². The van der Waals surface area contributed by atoms with Crippen LogP contribution in [0.15, 0.2) is 24.3 Å². The maximum atomic E-state index is 12.8. The molecule has 0 N–H and O–H groups in total. The highest BCUT2D eigenvalue weighted by atomic mass is 35.5. The van der Waals surface area contributed by atoms with Crippen LogP contribution < -0.4 is 0 Å². The van der Waals surface area contributed by atoms with Gasteiger partial charge in [0.2, 0.25) is 0 Å². The molecule has 0 heterocycles. The molecule has 1 aromatic rings. The summed E-state index contributed by atoms with van der Waals surface area (Å²) in [6, 6.07) is 3.43. The highest BCUT2D eigenvalue weighted by Crippen LogP contribution is 2.35. The van der Waals surface area contributed by atoms with E-state index in [-0.39, 0.29) is 10.6 Å². The summed E-state index contributed by atoms with van der Waals surface area (Å²) < 4.78 is 43.4. The first-order valence-electron chi connectivity index (χ1n) is 5.77. The minimum atomic E-state index is -4.54. The van der Waals surface area contributed by atoms with E-state index >= 15 is 0 Å². The molecule has 1 rings (SSSR count). The normalized spacial score (nSPS) is 12.8. The van der Waals surface area contributed by atoms with Crippen molar-refractivity contribution in [2.45, 2.75) is 32.5 Å². The highest BCUT2D eigenvalue weighted by Gasteiger charge is 2.33. The number of halogens is 4. The minimum Gasteiger partial charge on any atom is -0.457 e. The smallest absolute Gasteiger partial charge is 0.417 e. The van der Waals surface area contributed by atoms with Crippen LogP contribution in [-0.2, 0) is 15.7 Å². The maximum absolute atomic E-state index is 12.8. The van der Waals surface area contributed by atoms with Crippen molar-refractivity contribution in [1.29, 1.82) is 0 Å². The van der Waals surface area contributed by atoms with Gasteiger partial charge in [-0.05, 0) is 39.0 Å². The van der Waals surface area contributed by atoms with Gasteiger partial charge in [-0.2, -0.15) is 13.2 Å². The number of rotatable bonds is 2. The monoisotopic (exact) mass is 306 g/mol.